The van der Waals surface area contributed by atoms with Crippen LogP contribution in [0, 0.1) is 0 Å². The van der Waals surface area contributed by atoms with E-state index in [2.05, 4.69) is 10.3 Å². The van der Waals surface area contributed by atoms with Crippen LogP contribution in [-0.2, 0) is 11.3 Å². The fourth-order valence-corrected chi connectivity index (χ4v) is 2.26. The minimum absolute atomic E-state index is 0.0334. The van der Waals surface area contributed by atoms with Gasteiger partial charge in [-0.3, -0.25) is 4.79 Å². The third-order valence-electron chi connectivity index (χ3n) is 3.08. The van der Waals surface area contributed by atoms with E-state index >= 15 is 0 Å². The van der Waals surface area contributed by atoms with Gasteiger partial charge in [-0.25, -0.2) is 9.48 Å². The molecule has 1 aromatic heterocycles. The van der Waals surface area contributed by atoms with E-state index < -0.39 is 5.60 Å². The summed E-state index contributed by atoms with van der Waals surface area (Å²) in [5.74, 6) is 0. The number of hydrogen-bond donors (Lipinski definition) is 0. The summed E-state index contributed by atoms with van der Waals surface area (Å²) in [6.07, 6.45) is 3.78. The van der Waals surface area contributed by atoms with Crippen LogP contribution in [0.3, 0.4) is 0 Å². The molecule has 1 saturated heterocycles. The fraction of sp³-hybridized carbons (Fsp3) is 0.692. The van der Waals surface area contributed by atoms with Crippen LogP contribution in [0.5, 0.6) is 0 Å². The Morgan fingerprint density at radius 1 is 1.55 bits per heavy atom. The van der Waals surface area contributed by atoms with Gasteiger partial charge in [0, 0.05) is 6.54 Å². The largest absolute Gasteiger partial charge is 0.444 e. The molecule has 2 heterocycles. The number of aromatic nitrogens is 3. The van der Waals surface area contributed by atoms with E-state index in [4.69, 9.17) is 4.74 Å². The second-order valence-electron chi connectivity index (χ2n) is 5.95. The Labute approximate surface area is 117 Å². The first-order valence-electron chi connectivity index (χ1n) is 6.74. The molecular weight excluding hydrogens is 260 g/mol. The lowest BCUT2D eigenvalue weighted by Gasteiger charge is -2.28. The number of ether oxygens (including phenoxy) is 1. The lowest BCUT2D eigenvalue weighted by atomic mass is 10.2. The maximum absolute atomic E-state index is 12.1. The normalized spacial score (nSPS) is 19.1. The maximum Gasteiger partial charge on any atom is 0.410 e. The van der Waals surface area contributed by atoms with Crippen LogP contribution in [0.25, 0.3) is 0 Å². The molecule has 7 nitrogen and oxygen atoms in total. The Bertz CT molecular complexity index is 492. The minimum Gasteiger partial charge on any atom is -0.444 e. The molecule has 1 atom stereocenters. The van der Waals surface area contributed by atoms with Crippen LogP contribution in [0.4, 0.5) is 4.79 Å². The van der Waals surface area contributed by atoms with Crippen molar-refractivity contribution in [1.29, 1.82) is 0 Å². The van der Waals surface area contributed by atoms with Crippen LogP contribution in [0.1, 0.15) is 44.1 Å². The predicted octanol–water partition coefficient (Wildman–Crippen LogP) is 1.49. The van der Waals surface area contributed by atoms with Gasteiger partial charge in [-0.1, -0.05) is 5.21 Å². The van der Waals surface area contributed by atoms with Crippen molar-refractivity contribution >= 4 is 12.4 Å². The number of amides is 1. The Morgan fingerprint density at radius 2 is 2.30 bits per heavy atom. The molecule has 0 saturated carbocycles. The molecular formula is C13H20N4O3. The molecule has 7 heteroatoms. The highest BCUT2D eigenvalue weighted by Gasteiger charge is 2.32. The van der Waals surface area contributed by atoms with Gasteiger partial charge in [-0.05, 0) is 33.6 Å². The Hall–Kier alpha value is -1.92. The number of aldehydes is 1. The zero-order chi connectivity index (χ0) is 14.8. The summed E-state index contributed by atoms with van der Waals surface area (Å²) in [7, 11) is 0. The van der Waals surface area contributed by atoms with E-state index in [0.29, 0.717) is 25.1 Å². The van der Waals surface area contributed by atoms with Crippen LogP contribution in [0.2, 0.25) is 0 Å². The molecule has 1 fully saturated rings. The quantitative estimate of drug-likeness (QED) is 0.784. The standard InChI is InChI=1S/C13H20N4O3/c1-13(2,3)20-12(19)17-6-4-5-11(17)8-16-7-10(9-18)14-15-16/h7,9,11H,4-6,8H2,1-3H3/t11-/m0/s1. The molecule has 110 valence electrons. The van der Waals surface area contributed by atoms with Gasteiger partial charge < -0.3 is 9.64 Å². The Balaban J connectivity index is 2.00. The van der Waals surface area contributed by atoms with Crippen LogP contribution in [0.15, 0.2) is 6.20 Å². The average Bonchev–Trinajstić information content (AvgIpc) is 2.96. The topological polar surface area (TPSA) is 77.3 Å². The fourth-order valence-electron chi connectivity index (χ4n) is 2.26. The van der Waals surface area contributed by atoms with Gasteiger partial charge in [0.1, 0.15) is 11.3 Å². The highest BCUT2D eigenvalue weighted by molar-refractivity contribution is 5.70. The number of hydrogen-bond acceptors (Lipinski definition) is 5. The maximum atomic E-state index is 12.1. The zero-order valence-corrected chi connectivity index (χ0v) is 12.1. The van der Waals surface area contributed by atoms with Crippen LogP contribution >= 0.6 is 0 Å². The second kappa shape index (κ2) is 5.60. The van der Waals surface area contributed by atoms with Crippen molar-refractivity contribution < 1.29 is 14.3 Å². The van der Waals surface area contributed by atoms with Crippen LogP contribution < -0.4 is 0 Å². The monoisotopic (exact) mass is 280 g/mol. The van der Waals surface area contributed by atoms with E-state index in [9.17, 15) is 9.59 Å². The highest BCUT2D eigenvalue weighted by Crippen LogP contribution is 2.21. The van der Waals surface area contributed by atoms with Gasteiger partial charge in [0.25, 0.3) is 0 Å². The van der Waals surface area contributed by atoms with Crippen molar-refractivity contribution in [3.63, 3.8) is 0 Å². The number of likely N-dealkylation sites (tertiary alicyclic amines) is 1. The summed E-state index contributed by atoms with van der Waals surface area (Å²) in [4.78, 5) is 24.4. The highest BCUT2D eigenvalue weighted by atomic mass is 16.6. The van der Waals surface area contributed by atoms with E-state index in [1.165, 1.54) is 0 Å². The summed E-state index contributed by atoms with van der Waals surface area (Å²) < 4.78 is 7.00. The molecule has 1 aliphatic rings. The van der Waals surface area contributed by atoms with Gasteiger partial charge >= 0.3 is 6.09 Å². The Morgan fingerprint density at radius 3 is 2.90 bits per heavy atom. The van der Waals surface area contributed by atoms with Crippen molar-refractivity contribution in [1.82, 2.24) is 19.9 Å². The zero-order valence-electron chi connectivity index (χ0n) is 12.1. The van der Waals surface area contributed by atoms with Gasteiger partial charge in [0.05, 0.1) is 18.8 Å². The van der Waals surface area contributed by atoms with Gasteiger partial charge in [0.15, 0.2) is 6.29 Å². The average molecular weight is 280 g/mol. The number of nitrogens with zero attached hydrogens (tertiary/aromatic N) is 4. The van der Waals surface area contributed by atoms with E-state index in [1.807, 2.05) is 20.8 Å². The summed E-state index contributed by atoms with van der Waals surface area (Å²) in [6, 6.07) is 0.0334. The number of carbonyl (C=O) groups excluding carboxylic acids is 2. The molecule has 1 aromatic rings. The Kier molecular flexibility index (Phi) is 4.06. The smallest absolute Gasteiger partial charge is 0.410 e. The van der Waals surface area contributed by atoms with Crippen molar-refractivity contribution in [2.45, 2.75) is 51.8 Å². The molecule has 0 radical (unpaired) electrons. The second-order valence-corrected chi connectivity index (χ2v) is 5.95. The summed E-state index contributed by atoms with van der Waals surface area (Å²) in [6.45, 7) is 6.77. The molecule has 20 heavy (non-hydrogen) atoms. The first-order valence-corrected chi connectivity index (χ1v) is 6.74. The minimum atomic E-state index is -0.498. The van der Waals surface area contributed by atoms with Gasteiger partial charge in [-0.15, -0.1) is 5.10 Å². The van der Waals surface area contributed by atoms with Crippen molar-refractivity contribution in [2.75, 3.05) is 6.54 Å². The number of rotatable bonds is 3. The lowest BCUT2D eigenvalue weighted by Crippen LogP contribution is -2.41. The van der Waals surface area contributed by atoms with Gasteiger partial charge in [-0.2, -0.15) is 0 Å². The van der Waals surface area contributed by atoms with Gasteiger partial charge in [0.2, 0.25) is 0 Å². The number of carbonyl (C=O) groups is 2. The van der Waals surface area contributed by atoms with Crippen molar-refractivity contribution in [3.05, 3.63) is 11.9 Å². The predicted molar refractivity (Wildman–Crippen MR) is 71.4 cm³/mol. The van der Waals surface area contributed by atoms with E-state index in [-0.39, 0.29) is 12.1 Å². The van der Waals surface area contributed by atoms with Crippen molar-refractivity contribution in [2.24, 2.45) is 0 Å². The van der Waals surface area contributed by atoms with Crippen LogP contribution in [-0.4, -0.2) is 50.5 Å². The molecule has 0 unspecified atom stereocenters. The summed E-state index contributed by atoms with van der Waals surface area (Å²) in [5, 5.41) is 7.59. The molecule has 0 spiro atoms. The molecule has 0 N–H and O–H groups in total. The first-order chi connectivity index (χ1) is 9.39. The molecule has 2 rings (SSSR count). The summed E-state index contributed by atoms with van der Waals surface area (Å²) >= 11 is 0. The SMILES string of the molecule is CC(C)(C)OC(=O)N1CCC[C@H]1Cn1cc(C=O)nn1. The lowest BCUT2D eigenvalue weighted by molar-refractivity contribution is 0.0211. The molecule has 0 bridgehead atoms. The third-order valence-corrected chi connectivity index (χ3v) is 3.08. The summed E-state index contributed by atoms with van der Waals surface area (Å²) in [5.41, 5.74) is -0.200. The third kappa shape index (κ3) is 3.55. The first kappa shape index (κ1) is 14.5. The molecule has 1 amide bonds. The molecule has 0 aliphatic carbocycles. The van der Waals surface area contributed by atoms with Crippen molar-refractivity contribution in [3.8, 4) is 0 Å². The van der Waals surface area contributed by atoms with E-state index in [0.717, 1.165) is 12.8 Å². The molecule has 0 aromatic carbocycles. The van der Waals surface area contributed by atoms with E-state index in [1.54, 1.807) is 15.8 Å². The molecule has 1 aliphatic heterocycles.